The molecule has 0 saturated carbocycles. The summed E-state index contributed by atoms with van der Waals surface area (Å²) in [5, 5.41) is 3.15. The van der Waals surface area contributed by atoms with Gasteiger partial charge in [0, 0.05) is 31.7 Å². The standard InChI is InChI=1S/C13H30N4/c1-6-8-15-13(14)16-9-7-10-17(11(2)3)12(4)5/h11-12H,6-10H2,1-5H3,(H3,14,15,16). The number of hydrogen-bond donors (Lipinski definition) is 2. The van der Waals surface area contributed by atoms with E-state index in [1.165, 1.54) is 0 Å². The zero-order chi connectivity index (χ0) is 13.3. The van der Waals surface area contributed by atoms with E-state index in [0.29, 0.717) is 18.0 Å². The zero-order valence-corrected chi connectivity index (χ0v) is 12.2. The summed E-state index contributed by atoms with van der Waals surface area (Å²) in [4.78, 5) is 6.69. The van der Waals surface area contributed by atoms with Crippen molar-refractivity contribution in [2.24, 2.45) is 10.7 Å². The fourth-order valence-electron chi connectivity index (χ4n) is 1.88. The molecule has 0 atom stereocenters. The third-order valence-electron chi connectivity index (χ3n) is 2.73. The van der Waals surface area contributed by atoms with Crippen molar-refractivity contribution in [3.8, 4) is 0 Å². The van der Waals surface area contributed by atoms with Gasteiger partial charge in [-0.3, -0.25) is 9.89 Å². The van der Waals surface area contributed by atoms with Gasteiger partial charge in [-0.25, -0.2) is 0 Å². The van der Waals surface area contributed by atoms with Crippen LogP contribution < -0.4 is 11.1 Å². The third-order valence-corrected chi connectivity index (χ3v) is 2.73. The second kappa shape index (κ2) is 9.28. The minimum Gasteiger partial charge on any atom is -0.370 e. The summed E-state index contributed by atoms with van der Waals surface area (Å²) in [5.41, 5.74) is 5.72. The maximum Gasteiger partial charge on any atom is 0.188 e. The molecule has 0 heterocycles. The van der Waals surface area contributed by atoms with Crippen LogP contribution in [0.2, 0.25) is 0 Å². The van der Waals surface area contributed by atoms with Crippen LogP contribution in [0.15, 0.2) is 4.99 Å². The second-order valence-corrected chi connectivity index (χ2v) is 4.97. The smallest absolute Gasteiger partial charge is 0.188 e. The highest BCUT2D eigenvalue weighted by atomic mass is 15.2. The van der Waals surface area contributed by atoms with Gasteiger partial charge in [0.15, 0.2) is 5.96 Å². The molecule has 0 aliphatic rings. The van der Waals surface area contributed by atoms with E-state index in [9.17, 15) is 0 Å². The predicted octanol–water partition coefficient (Wildman–Crippen LogP) is 1.81. The van der Waals surface area contributed by atoms with E-state index in [0.717, 1.165) is 32.5 Å². The van der Waals surface area contributed by atoms with Crippen LogP contribution in [-0.2, 0) is 0 Å². The van der Waals surface area contributed by atoms with E-state index in [1.54, 1.807) is 0 Å². The van der Waals surface area contributed by atoms with Crippen molar-refractivity contribution in [2.75, 3.05) is 19.6 Å². The summed E-state index contributed by atoms with van der Waals surface area (Å²) in [7, 11) is 0. The SMILES string of the molecule is CCCN=C(N)NCCCN(C(C)C)C(C)C. The van der Waals surface area contributed by atoms with E-state index in [2.05, 4.69) is 49.8 Å². The Hall–Kier alpha value is -0.770. The Balaban J connectivity index is 3.75. The summed E-state index contributed by atoms with van der Waals surface area (Å²) in [6.45, 7) is 13.9. The Bertz CT molecular complexity index is 203. The molecule has 3 N–H and O–H groups in total. The van der Waals surface area contributed by atoms with E-state index >= 15 is 0 Å². The first-order valence-corrected chi connectivity index (χ1v) is 6.78. The van der Waals surface area contributed by atoms with E-state index < -0.39 is 0 Å². The van der Waals surface area contributed by atoms with E-state index in [1.807, 2.05) is 0 Å². The maximum absolute atomic E-state index is 5.72. The Morgan fingerprint density at radius 1 is 1.24 bits per heavy atom. The molecule has 0 aromatic heterocycles. The molecular formula is C13H30N4. The van der Waals surface area contributed by atoms with Crippen molar-refractivity contribution in [3.63, 3.8) is 0 Å². The molecular weight excluding hydrogens is 212 g/mol. The molecule has 0 rings (SSSR count). The molecule has 0 spiro atoms. The van der Waals surface area contributed by atoms with Crippen molar-refractivity contribution in [3.05, 3.63) is 0 Å². The lowest BCUT2D eigenvalue weighted by molar-refractivity contribution is 0.173. The van der Waals surface area contributed by atoms with Crippen LogP contribution in [0.25, 0.3) is 0 Å². The number of nitrogens with one attached hydrogen (secondary N) is 1. The van der Waals surface area contributed by atoms with Crippen molar-refractivity contribution in [1.82, 2.24) is 10.2 Å². The monoisotopic (exact) mass is 242 g/mol. The normalized spacial score (nSPS) is 12.8. The van der Waals surface area contributed by atoms with Gasteiger partial charge in [0.2, 0.25) is 0 Å². The summed E-state index contributed by atoms with van der Waals surface area (Å²) in [6.07, 6.45) is 2.13. The first-order chi connectivity index (χ1) is 7.99. The van der Waals surface area contributed by atoms with Crippen molar-refractivity contribution in [2.45, 2.75) is 59.5 Å². The van der Waals surface area contributed by atoms with Crippen LogP contribution >= 0.6 is 0 Å². The zero-order valence-electron chi connectivity index (χ0n) is 12.2. The molecule has 0 aliphatic heterocycles. The largest absolute Gasteiger partial charge is 0.370 e. The van der Waals surface area contributed by atoms with E-state index in [-0.39, 0.29) is 0 Å². The highest BCUT2D eigenvalue weighted by molar-refractivity contribution is 5.77. The van der Waals surface area contributed by atoms with Crippen LogP contribution in [0, 0.1) is 0 Å². The lowest BCUT2D eigenvalue weighted by atomic mass is 10.2. The van der Waals surface area contributed by atoms with Gasteiger partial charge in [0.25, 0.3) is 0 Å². The first kappa shape index (κ1) is 16.2. The van der Waals surface area contributed by atoms with Gasteiger partial charge in [0.1, 0.15) is 0 Å². The average molecular weight is 242 g/mol. The minimum atomic E-state index is 0.576. The molecule has 4 heteroatoms. The second-order valence-electron chi connectivity index (χ2n) is 4.97. The van der Waals surface area contributed by atoms with Gasteiger partial charge in [-0.2, -0.15) is 0 Å². The van der Waals surface area contributed by atoms with Crippen molar-refractivity contribution in [1.29, 1.82) is 0 Å². The highest BCUT2D eigenvalue weighted by Crippen LogP contribution is 2.04. The Labute approximate surface area is 107 Å². The van der Waals surface area contributed by atoms with Gasteiger partial charge in [-0.1, -0.05) is 6.92 Å². The van der Waals surface area contributed by atoms with Gasteiger partial charge in [-0.15, -0.1) is 0 Å². The first-order valence-electron chi connectivity index (χ1n) is 6.78. The quantitative estimate of drug-likeness (QED) is 0.388. The summed E-state index contributed by atoms with van der Waals surface area (Å²) in [5.74, 6) is 0.576. The number of aliphatic imine (C=N–C) groups is 1. The molecule has 4 nitrogen and oxygen atoms in total. The molecule has 0 unspecified atom stereocenters. The number of nitrogens with two attached hydrogens (primary N) is 1. The summed E-state index contributed by atoms with van der Waals surface area (Å²) < 4.78 is 0. The molecule has 0 saturated heterocycles. The summed E-state index contributed by atoms with van der Waals surface area (Å²) >= 11 is 0. The fourth-order valence-corrected chi connectivity index (χ4v) is 1.88. The van der Waals surface area contributed by atoms with Gasteiger partial charge < -0.3 is 11.1 Å². The minimum absolute atomic E-state index is 0.576. The number of hydrogen-bond acceptors (Lipinski definition) is 2. The molecule has 102 valence electrons. The average Bonchev–Trinajstić information content (AvgIpc) is 2.24. The van der Waals surface area contributed by atoms with Crippen LogP contribution in [0.1, 0.15) is 47.5 Å². The Morgan fingerprint density at radius 2 is 1.82 bits per heavy atom. The van der Waals surface area contributed by atoms with Crippen LogP contribution in [0.4, 0.5) is 0 Å². The Kier molecular flexibility index (Phi) is 8.86. The van der Waals surface area contributed by atoms with Crippen LogP contribution in [0.5, 0.6) is 0 Å². The molecule has 0 radical (unpaired) electrons. The highest BCUT2D eigenvalue weighted by Gasteiger charge is 2.11. The number of rotatable bonds is 8. The predicted molar refractivity (Wildman–Crippen MR) is 76.4 cm³/mol. The molecule has 17 heavy (non-hydrogen) atoms. The van der Waals surface area contributed by atoms with Gasteiger partial charge >= 0.3 is 0 Å². The number of nitrogens with zero attached hydrogens (tertiary/aromatic N) is 2. The van der Waals surface area contributed by atoms with Gasteiger partial charge in [0.05, 0.1) is 0 Å². The molecule has 0 bridgehead atoms. The van der Waals surface area contributed by atoms with Crippen molar-refractivity contribution < 1.29 is 0 Å². The molecule has 0 aromatic rings. The van der Waals surface area contributed by atoms with Crippen LogP contribution in [0.3, 0.4) is 0 Å². The van der Waals surface area contributed by atoms with Crippen LogP contribution in [-0.4, -0.2) is 42.6 Å². The molecule has 0 amide bonds. The third kappa shape index (κ3) is 8.02. The molecule has 0 aliphatic carbocycles. The molecule has 0 fully saturated rings. The maximum atomic E-state index is 5.72. The topological polar surface area (TPSA) is 53.6 Å². The lowest BCUT2D eigenvalue weighted by Gasteiger charge is -2.30. The fraction of sp³-hybridized carbons (Fsp3) is 0.923. The lowest BCUT2D eigenvalue weighted by Crippen LogP contribution is -2.40. The van der Waals surface area contributed by atoms with Gasteiger partial charge in [-0.05, 0) is 40.5 Å². The molecule has 0 aromatic carbocycles. The van der Waals surface area contributed by atoms with Crippen molar-refractivity contribution >= 4 is 5.96 Å². The number of guanidine groups is 1. The summed E-state index contributed by atoms with van der Waals surface area (Å²) in [6, 6.07) is 1.20. The Morgan fingerprint density at radius 3 is 2.29 bits per heavy atom. The van der Waals surface area contributed by atoms with E-state index in [4.69, 9.17) is 5.73 Å².